The van der Waals surface area contributed by atoms with Crippen molar-refractivity contribution in [2.45, 2.75) is 0 Å². The van der Waals surface area contributed by atoms with Crippen molar-refractivity contribution < 1.29 is 0 Å². The fourth-order valence-corrected chi connectivity index (χ4v) is 0. The predicted octanol–water partition coefficient (Wildman–Crippen LogP) is 0.915. The van der Waals surface area contributed by atoms with Crippen LogP contribution in [0.5, 0.6) is 0 Å². The molecule has 0 aliphatic carbocycles. The van der Waals surface area contributed by atoms with Crippen molar-refractivity contribution in [1.82, 2.24) is 3.94 Å². The Labute approximate surface area is 39.7 Å². The average molecular weight is 111 g/mol. The lowest BCUT2D eigenvalue weighted by molar-refractivity contribution is 1.21. The van der Waals surface area contributed by atoms with Crippen molar-refractivity contribution in [3.05, 3.63) is 0 Å². The first-order chi connectivity index (χ1) is 2.27. The number of rotatable bonds is 0. The summed E-state index contributed by atoms with van der Waals surface area (Å²) in [5, 5.41) is 7.56. The summed E-state index contributed by atoms with van der Waals surface area (Å²) in [5.41, 5.74) is 0. The Balaban J connectivity index is 2.94. The van der Waals surface area contributed by atoms with Crippen LogP contribution < -0.4 is 3.94 Å². The van der Waals surface area contributed by atoms with Gasteiger partial charge in [0.05, 0.1) is 0 Å². The molecule has 0 atom stereocenters. The highest BCUT2D eigenvalue weighted by Crippen LogP contribution is 1.85. The number of halogens is 2. The van der Waals surface area contributed by atoms with E-state index in [1.807, 2.05) is 0 Å². The van der Waals surface area contributed by atoms with Gasteiger partial charge in [-0.3, -0.25) is 0 Å². The minimum absolute atomic E-state index is 0.375. The largest absolute Gasteiger partial charge is 0.409 e. The predicted molar refractivity (Wildman–Crippen MR) is 19.5 cm³/mol. The van der Waals surface area contributed by atoms with E-state index in [0.717, 1.165) is 0 Å². The lowest BCUT2D eigenvalue weighted by Gasteiger charge is -1.53. The van der Waals surface area contributed by atoms with Crippen molar-refractivity contribution in [3.8, 4) is 6.19 Å². The van der Waals surface area contributed by atoms with Gasteiger partial charge in [-0.15, -0.1) is 5.26 Å². The van der Waals surface area contributed by atoms with E-state index >= 15 is 0 Å². The molecule has 0 rings (SSSR count). The molecule has 5 heavy (non-hydrogen) atoms. The SMILES string of the molecule is N#C[N+](Cl)Cl. The van der Waals surface area contributed by atoms with Crippen LogP contribution in [0.3, 0.4) is 0 Å². The maximum Gasteiger partial charge on any atom is 0.409 e. The van der Waals surface area contributed by atoms with Gasteiger partial charge in [-0.05, 0) is 0 Å². The molecule has 0 fully saturated rings. The standard InChI is InChI=1S/CCl2N2/c2-5(3)1-4/q+1. The fourth-order valence-electron chi connectivity index (χ4n) is 0. The molecule has 0 aromatic heterocycles. The Morgan fingerprint density at radius 3 is 1.80 bits per heavy atom. The first kappa shape index (κ1) is 5.03. The van der Waals surface area contributed by atoms with Gasteiger partial charge >= 0.3 is 6.19 Å². The zero-order chi connectivity index (χ0) is 4.28. The van der Waals surface area contributed by atoms with Gasteiger partial charge in [0.15, 0.2) is 3.94 Å². The van der Waals surface area contributed by atoms with Crippen LogP contribution in [0.2, 0.25) is 0 Å². The molecule has 27 valence electrons. The van der Waals surface area contributed by atoms with Crippen LogP contribution in [-0.4, -0.2) is 0 Å². The smallest absolute Gasteiger partial charge is 0.121 e. The van der Waals surface area contributed by atoms with E-state index in [0.29, 0.717) is 3.94 Å². The van der Waals surface area contributed by atoms with Crippen molar-refractivity contribution in [2.24, 2.45) is 0 Å². The Hall–Kier alpha value is 0.0300. The summed E-state index contributed by atoms with van der Waals surface area (Å²) < 4.78 is 0.375. The van der Waals surface area contributed by atoms with E-state index in [1.54, 1.807) is 0 Å². The van der Waals surface area contributed by atoms with E-state index in [1.165, 1.54) is 6.19 Å². The number of hydrogen-bond donors (Lipinski definition) is 0. The third kappa shape index (κ3) is 4.03. The normalized spacial score (nSPS) is 7.60. The minimum atomic E-state index is 0.375. The van der Waals surface area contributed by atoms with Gasteiger partial charge in [0.1, 0.15) is 0 Å². The molecule has 0 unspecified atom stereocenters. The summed E-state index contributed by atoms with van der Waals surface area (Å²) in [7, 11) is 0. The van der Waals surface area contributed by atoms with Crippen LogP contribution in [0.1, 0.15) is 0 Å². The molecule has 0 aromatic carbocycles. The summed E-state index contributed by atoms with van der Waals surface area (Å²) in [6.07, 6.45) is 1.39. The lowest BCUT2D eigenvalue weighted by Crippen LogP contribution is -1.86. The molecule has 1 radical (unpaired) electrons. The molecular formula is CCl2N2+. The Kier molecular flexibility index (Phi) is 2.29. The zero-order valence-electron chi connectivity index (χ0n) is 2.15. The van der Waals surface area contributed by atoms with Crippen LogP contribution in [0.25, 0.3) is 0 Å². The molecule has 0 aliphatic heterocycles. The highest BCUT2D eigenvalue weighted by molar-refractivity contribution is 6.38. The van der Waals surface area contributed by atoms with Gasteiger partial charge in [-0.2, -0.15) is 0 Å². The van der Waals surface area contributed by atoms with Gasteiger partial charge in [0.25, 0.3) is 23.6 Å². The average Bonchev–Trinajstić information content (AvgIpc) is 1.38. The molecule has 0 N–H and O–H groups in total. The molecule has 0 aliphatic rings. The highest BCUT2D eigenvalue weighted by atomic mass is 35.5. The van der Waals surface area contributed by atoms with E-state index in [4.69, 9.17) is 28.8 Å². The van der Waals surface area contributed by atoms with E-state index in [2.05, 4.69) is 0 Å². The second kappa shape index (κ2) is 2.28. The molecule has 0 heterocycles. The molecule has 0 saturated carbocycles. The maximum absolute atomic E-state index is 7.56. The van der Waals surface area contributed by atoms with Gasteiger partial charge < -0.3 is 0 Å². The van der Waals surface area contributed by atoms with Crippen LogP contribution in [0.15, 0.2) is 0 Å². The summed E-state index contributed by atoms with van der Waals surface area (Å²) >= 11 is 9.40. The fraction of sp³-hybridized carbons (Fsp3) is 0. The Bertz CT molecular complexity index is 53.2. The molecule has 0 spiro atoms. The summed E-state index contributed by atoms with van der Waals surface area (Å²) in [4.78, 5) is 0. The van der Waals surface area contributed by atoms with Gasteiger partial charge in [0, 0.05) is 0 Å². The summed E-state index contributed by atoms with van der Waals surface area (Å²) in [6.45, 7) is 0. The van der Waals surface area contributed by atoms with Crippen molar-refractivity contribution in [1.29, 1.82) is 5.26 Å². The van der Waals surface area contributed by atoms with Crippen molar-refractivity contribution >= 4 is 23.6 Å². The van der Waals surface area contributed by atoms with E-state index in [-0.39, 0.29) is 0 Å². The molecule has 0 amide bonds. The second-order valence-corrected chi connectivity index (χ2v) is 1.18. The van der Waals surface area contributed by atoms with E-state index in [9.17, 15) is 0 Å². The maximum atomic E-state index is 7.56. The minimum Gasteiger partial charge on any atom is -0.121 e. The zero-order valence-corrected chi connectivity index (χ0v) is 3.66. The third-order valence-corrected chi connectivity index (χ3v) is 0.227. The lowest BCUT2D eigenvalue weighted by atomic mass is 11.5. The third-order valence-electron chi connectivity index (χ3n) is 0.0756. The summed E-state index contributed by atoms with van der Waals surface area (Å²) in [6, 6.07) is 0. The van der Waals surface area contributed by atoms with Crippen molar-refractivity contribution in [2.75, 3.05) is 0 Å². The quantitative estimate of drug-likeness (QED) is 0.259. The highest BCUT2D eigenvalue weighted by Gasteiger charge is 2.01. The number of nitrogens with zero attached hydrogens (tertiary/aromatic N) is 2. The second-order valence-electron chi connectivity index (χ2n) is 0.333. The first-order valence-electron chi connectivity index (χ1n) is 0.785. The van der Waals surface area contributed by atoms with Crippen LogP contribution >= 0.6 is 23.6 Å². The van der Waals surface area contributed by atoms with Gasteiger partial charge in [0.2, 0.25) is 0 Å². The van der Waals surface area contributed by atoms with Crippen LogP contribution in [0.4, 0.5) is 0 Å². The first-order valence-corrected chi connectivity index (χ1v) is 1.46. The molecular weight excluding hydrogens is 111 g/mol. The van der Waals surface area contributed by atoms with Crippen LogP contribution in [-0.2, 0) is 0 Å². The molecule has 0 saturated heterocycles. The molecule has 2 nitrogen and oxygen atoms in total. The Morgan fingerprint density at radius 2 is 1.80 bits per heavy atom. The molecule has 0 aromatic rings. The van der Waals surface area contributed by atoms with Crippen LogP contribution in [0, 0.1) is 11.5 Å². The Morgan fingerprint density at radius 1 is 1.60 bits per heavy atom. The number of nitriles is 1. The number of hydrogen-bond acceptors (Lipinski definition) is 2. The molecule has 0 bridgehead atoms. The topological polar surface area (TPSA) is 29.7 Å². The van der Waals surface area contributed by atoms with Gasteiger partial charge in [-0.25, -0.2) is 0 Å². The van der Waals surface area contributed by atoms with E-state index < -0.39 is 0 Å². The summed E-state index contributed by atoms with van der Waals surface area (Å²) in [5.74, 6) is 0. The van der Waals surface area contributed by atoms with Gasteiger partial charge in [-0.1, -0.05) is 0 Å². The monoisotopic (exact) mass is 110 g/mol. The molecule has 4 heteroatoms. The van der Waals surface area contributed by atoms with Crippen molar-refractivity contribution in [3.63, 3.8) is 0 Å².